The molecule has 7 heteroatoms. The number of carbonyl (C=O) groups excluding carboxylic acids is 2. The first-order chi connectivity index (χ1) is 13.6. The van der Waals surface area contributed by atoms with Gasteiger partial charge >= 0.3 is 0 Å². The Bertz CT molecular complexity index is 966. The van der Waals surface area contributed by atoms with Crippen molar-refractivity contribution in [1.82, 2.24) is 14.9 Å². The number of para-hydroxylation sites is 1. The lowest BCUT2D eigenvalue weighted by molar-refractivity contribution is -0.126. The Labute approximate surface area is 167 Å². The molecule has 1 fully saturated rings. The van der Waals surface area contributed by atoms with Gasteiger partial charge in [-0.1, -0.05) is 24.3 Å². The third-order valence-corrected chi connectivity index (χ3v) is 5.85. The molecule has 1 unspecified atom stereocenters. The zero-order valence-corrected chi connectivity index (χ0v) is 16.5. The number of aryl methyl sites for hydroxylation is 1. The fraction of sp³-hybridized carbons (Fsp3) is 0.286. The van der Waals surface area contributed by atoms with Crippen LogP contribution in [-0.2, 0) is 23.1 Å². The van der Waals surface area contributed by atoms with Crippen molar-refractivity contribution in [2.45, 2.75) is 12.8 Å². The van der Waals surface area contributed by atoms with Crippen LogP contribution in [0.3, 0.4) is 0 Å². The van der Waals surface area contributed by atoms with Crippen molar-refractivity contribution >= 4 is 28.8 Å². The van der Waals surface area contributed by atoms with Crippen LogP contribution >= 0.6 is 11.3 Å². The monoisotopic (exact) mass is 394 g/mol. The van der Waals surface area contributed by atoms with Crippen molar-refractivity contribution in [2.24, 2.45) is 13.0 Å². The van der Waals surface area contributed by atoms with Gasteiger partial charge in [0, 0.05) is 44.9 Å². The van der Waals surface area contributed by atoms with Crippen molar-refractivity contribution in [3.05, 3.63) is 59.9 Å². The van der Waals surface area contributed by atoms with E-state index in [0.29, 0.717) is 19.5 Å². The number of nitrogens with one attached hydrogen (secondary N) is 1. The summed E-state index contributed by atoms with van der Waals surface area (Å²) in [5.41, 5.74) is 1.80. The van der Waals surface area contributed by atoms with Crippen LogP contribution in [0.4, 0.5) is 5.69 Å². The van der Waals surface area contributed by atoms with Gasteiger partial charge in [-0.2, -0.15) is 0 Å². The van der Waals surface area contributed by atoms with Crippen molar-refractivity contribution in [3.63, 3.8) is 0 Å². The standard InChI is InChI=1S/C21H22N4O2S/c1-24-14-17(18-8-5-11-28-18)23-19(24)9-10-22-21(27)15-12-20(26)25(13-15)16-6-3-2-4-7-16/h2-8,11,14-15H,9-10,12-13H2,1H3,(H,22,27). The van der Waals surface area contributed by atoms with Gasteiger partial charge in [-0.15, -0.1) is 11.3 Å². The van der Waals surface area contributed by atoms with E-state index in [2.05, 4.69) is 10.3 Å². The van der Waals surface area contributed by atoms with Gasteiger partial charge in [0.1, 0.15) is 5.82 Å². The number of carbonyl (C=O) groups is 2. The molecule has 2 amide bonds. The topological polar surface area (TPSA) is 67.2 Å². The third-order valence-electron chi connectivity index (χ3n) is 4.96. The molecular formula is C21H22N4O2S. The van der Waals surface area contributed by atoms with E-state index in [1.807, 2.05) is 65.7 Å². The molecule has 0 radical (unpaired) electrons. The predicted molar refractivity (Wildman–Crippen MR) is 110 cm³/mol. The number of aromatic nitrogens is 2. The molecule has 2 aromatic heterocycles. The minimum atomic E-state index is -0.309. The smallest absolute Gasteiger partial charge is 0.227 e. The SMILES string of the molecule is Cn1cc(-c2cccs2)nc1CCNC(=O)C1CC(=O)N(c2ccccc2)C1. The number of thiophene rings is 1. The van der Waals surface area contributed by atoms with Crippen LogP contribution in [0.15, 0.2) is 54.0 Å². The van der Waals surface area contributed by atoms with Crippen molar-refractivity contribution in [1.29, 1.82) is 0 Å². The minimum Gasteiger partial charge on any atom is -0.355 e. The number of rotatable bonds is 6. The van der Waals surface area contributed by atoms with Crippen LogP contribution in [0.2, 0.25) is 0 Å². The first kappa shape index (κ1) is 18.4. The number of hydrogen-bond acceptors (Lipinski definition) is 4. The van der Waals surface area contributed by atoms with Crippen molar-refractivity contribution in [3.8, 4) is 10.6 Å². The van der Waals surface area contributed by atoms with Gasteiger partial charge in [-0.3, -0.25) is 9.59 Å². The molecule has 1 aliphatic heterocycles. The molecule has 3 aromatic rings. The average Bonchev–Trinajstić information content (AvgIpc) is 3.43. The molecule has 0 saturated carbocycles. The molecule has 3 heterocycles. The summed E-state index contributed by atoms with van der Waals surface area (Å²) in [6.07, 6.45) is 2.92. The van der Waals surface area contributed by atoms with Gasteiger partial charge in [0.05, 0.1) is 16.5 Å². The molecule has 6 nitrogen and oxygen atoms in total. The first-order valence-corrected chi connectivity index (χ1v) is 10.2. The Morgan fingerprint density at radius 1 is 1.25 bits per heavy atom. The molecule has 144 valence electrons. The van der Waals surface area contributed by atoms with Gasteiger partial charge in [0.2, 0.25) is 11.8 Å². The zero-order chi connectivity index (χ0) is 19.5. The van der Waals surface area contributed by atoms with Gasteiger partial charge in [-0.25, -0.2) is 4.98 Å². The summed E-state index contributed by atoms with van der Waals surface area (Å²) in [4.78, 5) is 32.3. The largest absolute Gasteiger partial charge is 0.355 e. The van der Waals surface area contributed by atoms with Gasteiger partial charge in [-0.05, 0) is 23.6 Å². The van der Waals surface area contributed by atoms with Crippen LogP contribution in [0, 0.1) is 5.92 Å². The summed E-state index contributed by atoms with van der Waals surface area (Å²) in [5, 5.41) is 5.00. The maximum Gasteiger partial charge on any atom is 0.227 e. The van der Waals surface area contributed by atoms with E-state index in [0.717, 1.165) is 22.1 Å². The number of nitrogens with zero attached hydrogens (tertiary/aromatic N) is 3. The molecule has 1 N–H and O–H groups in total. The highest BCUT2D eigenvalue weighted by Gasteiger charge is 2.34. The number of amides is 2. The van der Waals surface area contributed by atoms with E-state index in [-0.39, 0.29) is 24.2 Å². The first-order valence-electron chi connectivity index (χ1n) is 9.31. The van der Waals surface area contributed by atoms with E-state index in [1.54, 1.807) is 16.2 Å². The number of hydrogen-bond donors (Lipinski definition) is 1. The minimum absolute atomic E-state index is 0.00367. The molecule has 1 aliphatic rings. The van der Waals surface area contributed by atoms with Gasteiger partial charge in [0.15, 0.2) is 0 Å². The molecule has 1 atom stereocenters. The Hall–Kier alpha value is -2.93. The summed E-state index contributed by atoms with van der Waals surface area (Å²) in [5.74, 6) is 0.545. The van der Waals surface area contributed by atoms with Crippen LogP contribution < -0.4 is 10.2 Å². The highest BCUT2D eigenvalue weighted by Crippen LogP contribution is 2.25. The van der Waals surface area contributed by atoms with Crippen LogP contribution in [0.1, 0.15) is 12.2 Å². The lowest BCUT2D eigenvalue weighted by Crippen LogP contribution is -2.34. The second-order valence-electron chi connectivity index (χ2n) is 6.91. The maximum absolute atomic E-state index is 12.5. The summed E-state index contributed by atoms with van der Waals surface area (Å²) >= 11 is 1.66. The average molecular weight is 395 g/mol. The van der Waals surface area contributed by atoms with Crippen LogP contribution in [0.5, 0.6) is 0 Å². The summed E-state index contributed by atoms with van der Waals surface area (Å²) < 4.78 is 2.00. The quantitative estimate of drug-likeness (QED) is 0.699. The van der Waals surface area contributed by atoms with E-state index in [1.165, 1.54) is 0 Å². The summed E-state index contributed by atoms with van der Waals surface area (Å²) in [7, 11) is 1.97. The van der Waals surface area contributed by atoms with Crippen molar-refractivity contribution < 1.29 is 9.59 Å². The number of anilines is 1. The zero-order valence-electron chi connectivity index (χ0n) is 15.7. The van der Waals surface area contributed by atoms with Gasteiger partial charge in [0.25, 0.3) is 0 Å². The third kappa shape index (κ3) is 3.84. The Balaban J connectivity index is 1.31. The molecule has 0 bridgehead atoms. The normalized spacial score (nSPS) is 16.5. The Morgan fingerprint density at radius 2 is 2.07 bits per heavy atom. The van der Waals surface area contributed by atoms with E-state index < -0.39 is 0 Å². The predicted octanol–water partition coefficient (Wildman–Crippen LogP) is 2.86. The molecular weight excluding hydrogens is 372 g/mol. The van der Waals surface area contributed by atoms with Crippen molar-refractivity contribution in [2.75, 3.05) is 18.0 Å². The Kier molecular flexibility index (Phi) is 5.25. The molecule has 0 aliphatic carbocycles. The van der Waals surface area contributed by atoms with E-state index in [9.17, 15) is 9.59 Å². The lowest BCUT2D eigenvalue weighted by atomic mass is 10.1. The lowest BCUT2D eigenvalue weighted by Gasteiger charge is -2.16. The molecule has 28 heavy (non-hydrogen) atoms. The van der Waals surface area contributed by atoms with E-state index >= 15 is 0 Å². The second kappa shape index (κ2) is 7.98. The fourth-order valence-corrected chi connectivity index (χ4v) is 4.14. The highest BCUT2D eigenvalue weighted by atomic mass is 32.1. The molecule has 0 spiro atoms. The van der Waals surface area contributed by atoms with Crippen LogP contribution in [0.25, 0.3) is 10.6 Å². The van der Waals surface area contributed by atoms with Gasteiger partial charge < -0.3 is 14.8 Å². The fourth-order valence-electron chi connectivity index (χ4n) is 3.46. The molecule has 1 aromatic carbocycles. The second-order valence-corrected chi connectivity index (χ2v) is 7.86. The number of imidazole rings is 1. The van der Waals surface area contributed by atoms with E-state index in [4.69, 9.17) is 0 Å². The van der Waals surface area contributed by atoms with Crippen LogP contribution in [-0.4, -0.2) is 34.5 Å². The molecule has 1 saturated heterocycles. The summed E-state index contributed by atoms with van der Waals surface area (Å²) in [6, 6.07) is 13.6. The number of benzene rings is 1. The Morgan fingerprint density at radius 3 is 2.82 bits per heavy atom. The molecule has 4 rings (SSSR count). The summed E-state index contributed by atoms with van der Waals surface area (Å²) in [6.45, 7) is 0.934. The maximum atomic E-state index is 12.5. The highest BCUT2D eigenvalue weighted by molar-refractivity contribution is 7.13.